The average molecular weight is 362 g/mol. The number of nitrogens with one attached hydrogen (secondary N) is 1. The van der Waals surface area contributed by atoms with Crippen molar-refractivity contribution in [2.24, 2.45) is 0 Å². The summed E-state index contributed by atoms with van der Waals surface area (Å²) in [6.45, 7) is 2.18. The van der Waals surface area contributed by atoms with E-state index in [4.69, 9.17) is 0 Å². The molecule has 0 saturated heterocycles. The maximum absolute atomic E-state index is 12.6. The van der Waals surface area contributed by atoms with Crippen LogP contribution in [0.25, 0.3) is 0 Å². The third kappa shape index (κ3) is 3.84. The van der Waals surface area contributed by atoms with E-state index in [0.29, 0.717) is 18.3 Å². The highest BCUT2D eigenvalue weighted by Crippen LogP contribution is 2.40. The highest BCUT2D eigenvalue weighted by Gasteiger charge is 2.39. The van der Waals surface area contributed by atoms with E-state index in [9.17, 15) is 9.59 Å². The number of rotatable bonds is 6. The molecular formula is C21H22N4O2. The molecule has 1 heterocycles. The van der Waals surface area contributed by atoms with E-state index in [2.05, 4.69) is 22.5 Å². The van der Waals surface area contributed by atoms with E-state index in [1.165, 1.54) is 10.2 Å². The number of aromatic nitrogens is 3. The number of carbonyl (C=O) groups excluding carboxylic acids is 1. The van der Waals surface area contributed by atoms with E-state index in [1.807, 2.05) is 48.5 Å². The van der Waals surface area contributed by atoms with Crippen molar-refractivity contribution in [3.8, 4) is 0 Å². The Morgan fingerprint density at radius 2 is 1.78 bits per heavy atom. The highest BCUT2D eigenvalue weighted by molar-refractivity contribution is 5.76. The number of nitrogens with zero attached hydrogens (tertiary/aromatic N) is 3. The fourth-order valence-corrected chi connectivity index (χ4v) is 3.41. The molecule has 3 aromatic rings. The minimum absolute atomic E-state index is 0.0561. The minimum atomic E-state index is -0.262. The first-order chi connectivity index (χ1) is 13.1. The maximum atomic E-state index is 12.6. The molecule has 0 aliphatic heterocycles. The van der Waals surface area contributed by atoms with Crippen LogP contribution in [0.5, 0.6) is 0 Å². The lowest BCUT2D eigenvalue weighted by molar-refractivity contribution is -0.122. The first-order valence-electron chi connectivity index (χ1n) is 9.14. The molecule has 1 aliphatic rings. The molecule has 1 fully saturated rings. The lowest BCUT2D eigenvalue weighted by Gasteiger charge is -2.05. The Labute approximate surface area is 157 Å². The number of amides is 1. The second-order valence-corrected chi connectivity index (χ2v) is 6.99. The molecule has 1 saturated carbocycles. The summed E-state index contributed by atoms with van der Waals surface area (Å²) in [7, 11) is 0. The molecule has 2 aromatic carbocycles. The summed E-state index contributed by atoms with van der Waals surface area (Å²) in [4.78, 5) is 25.0. The van der Waals surface area contributed by atoms with Crippen molar-refractivity contribution in [2.75, 3.05) is 0 Å². The number of hydrogen-bond donors (Lipinski definition) is 1. The lowest BCUT2D eigenvalue weighted by atomic mass is 10.1. The summed E-state index contributed by atoms with van der Waals surface area (Å²) in [5.41, 5.74) is 2.00. The van der Waals surface area contributed by atoms with E-state index < -0.39 is 0 Å². The van der Waals surface area contributed by atoms with Crippen LogP contribution in [-0.4, -0.2) is 26.3 Å². The molecule has 0 radical (unpaired) electrons. The zero-order chi connectivity index (χ0) is 18.8. The molecule has 6 nitrogen and oxygen atoms in total. The first-order valence-corrected chi connectivity index (χ1v) is 9.14. The summed E-state index contributed by atoms with van der Waals surface area (Å²) in [6.07, 6.45) is 0.937. The van der Waals surface area contributed by atoms with Crippen LogP contribution in [-0.2, 0) is 17.9 Å². The van der Waals surface area contributed by atoms with Gasteiger partial charge in [-0.05, 0) is 24.5 Å². The van der Waals surface area contributed by atoms with Crippen molar-refractivity contribution in [1.82, 2.24) is 19.7 Å². The van der Waals surface area contributed by atoms with E-state index in [0.717, 1.165) is 12.0 Å². The SMILES string of the molecule is Cc1nn(CC(=O)N[C@@H]2C[C@H]2c2ccccc2)c(=O)n1Cc1ccccc1. The van der Waals surface area contributed by atoms with Crippen molar-refractivity contribution < 1.29 is 4.79 Å². The Balaban J connectivity index is 1.39. The van der Waals surface area contributed by atoms with E-state index in [1.54, 1.807) is 11.5 Å². The second-order valence-electron chi connectivity index (χ2n) is 6.99. The lowest BCUT2D eigenvalue weighted by Crippen LogP contribution is -2.35. The highest BCUT2D eigenvalue weighted by atomic mass is 16.2. The van der Waals surface area contributed by atoms with Crippen LogP contribution < -0.4 is 11.0 Å². The zero-order valence-electron chi connectivity index (χ0n) is 15.2. The van der Waals surface area contributed by atoms with Gasteiger partial charge < -0.3 is 5.32 Å². The van der Waals surface area contributed by atoms with Crippen molar-refractivity contribution in [3.63, 3.8) is 0 Å². The zero-order valence-corrected chi connectivity index (χ0v) is 15.2. The average Bonchev–Trinajstić information content (AvgIpc) is 3.40. The van der Waals surface area contributed by atoms with Crippen molar-refractivity contribution >= 4 is 5.91 Å². The smallest absolute Gasteiger partial charge is 0.346 e. The van der Waals surface area contributed by atoms with Gasteiger partial charge in [0.05, 0.1) is 6.54 Å². The standard InChI is InChI=1S/C21H22N4O2/c1-15-23-25(21(27)24(15)13-16-8-4-2-5-9-16)14-20(26)22-19-12-18(19)17-10-6-3-7-11-17/h2-11,18-19H,12-14H2,1H3,(H,22,26)/t18-,19+/m0/s1. The summed E-state index contributed by atoms with van der Waals surface area (Å²) in [5.74, 6) is 0.791. The van der Waals surface area contributed by atoms with Gasteiger partial charge in [0.15, 0.2) is 0 Å². The van der Waals surface area contributed by atoms with Gasteiger partial charge in [-0.1, -0.05) is 60.7 Å². The third-order valence-electron chi connectivity index (χ3n) is 4.95. The van der Waals surface area contributed by atoms with Crippen LogP contribution in [0.4, 0.5) is 0 Å². The largest absolute Gasteiger partial charge is 0.351 e. The van der Waals surface area contributed by atoms with Crippen molar-refractivity contribution in [3.05, 3.63) is 88.1 Å². The molecule has 27 heavy (non-hydrogen) atoms. The molecule has 1 aliphatic carbocycles. The Morgan fingerprint density at radius 3 is 2.48 bits per heavy atom. The number of carbonyl (C=O) groups is 1. The van der Waals surface area contributed by atoms with Crippen molar-refractivity contribution in [2.45, 2.75) is 38.4 Å². The van der Waals surface area contributed by atoms with Crippen LogP contribution in [0.1, 0.15) is 29.3 Å². The third-order valence-corrected chi connectivity index (χ3v) is 4.95. The number of benzene rings is 2. The van der Waals surface area contributed by atoms with Crippen molar-refractivity contribution in [1.29, 1.82) is 0 Å². The van der Waals surface area contributed by atoms with Gasteiger partial charge in [0.25, 0.3) is 0 Å². The van der Waals surface area contributed by atoms with Crippen LogP contribution in [0.2, 0.25) is 0 Å². The van der Waals surface area contributed by atoms with Gasteiger partial charge in [-0.3, -0.25) is 9.36 Å². The molecule has 1 amide bonds. The Bertz CT molecular complexity index is 992. The van der Waals surface area contributed by atoms with Gasteiger partial charge in [-0.25, -0.2) is 9.48 Å². The normalized spacial score (nSPS) is 18.3. The van der Waals surface area contributed by atoms with Gasteiger partial charge in [-0.2, -0.15) is 5.10 Å². The molecular weight excluding hydrogens is 340 g/mol. The van der Waals surface area contributed by atoms with E-state index in [-0.39, 0.29) is 24.2 Å². The Hall–Kier alpha value is -3.15. The first kappa shape index (κ1) is 17.3. The summed E-state index contributed by atoms with van der Waals surface area (Å²) >= 11 is 0. The second kappa shape index (κ2) is 7.23. The molecule has 0 bridgehead atoms. The molecule has 138 valence electrons. The fraction of sp³-hybridized carbons (Fsp3) is 0.286. The Morgan fingerprint density at radius 1 is 1.11 bits per heavy atom. The van der Waals surface area contributed by atoms with Gasteiger partial charge >= 0.3 is 5.69 Å². The van der Waals surface area contributed by atoms with Crippen LogP contribution >= 0.6 is 0 Å². The minimum Gasteiger partial charge on any atom is -0.351 e. The maximum Gasteiger partial charge on any atom is 0.346 e. The molecule has 4 rings (SSSR count). The molecule has 6 heteroatoms. The van der Waals surface area contributed by atoms with Gasteiger partial charge in [0, 0.05) is 12.0 Å². The predicted molar refractivity (Wildman–Crippen MR) is 102 cm³/mol. The molecule has 0 unspecified atom stereocenters. The van der Waals surface area contributed by atoms with Gasteiger partial charge in [-0.15, -0.1) is 0 Å². The van der Waals surface area contributed by atoms with Crippen LogP contribution in [0.15, 0.2) is 65.5 Å². The summed E-state index contributed by atoms with van der Waals surface area (Å²) in [6, 6.07) is 20.0. The quantitative estimate of drug-likeness (QED) is 0.730. The van der Waals surface area contributed by atoms with E-state index >= 15 is 0 Å². The van der Waals surface area contributed by atoms with Crippen LogP contribution in [0.3, 0.4) is 0 Å². The summed E-state index contributed by atoms with van der Waals surface area (Å²) in [5, 5.41) is 7.27. The number of hydrogen-bond acceptors (Lipinski definition) is 3. The molecule has 0 spiro atoms. The summed E-state index contributed by atoms with van der Waals surface area (Å²) < 4.78 is 2.83. The molecule has 2 atom stereocenters. The Kier molecular flexibility index (Phi) is 4.62. The molecule has 1 aromatic heterocycles. The van der Waals surface area contributed by atoms with Gasteiger partial charge in [0.2, 0.25) is 5.91 Å². The monoisotopic (exact) mass is 362 g/mol. The molecule has 1 N–H and O–H groups in total. The topological polar surface area (TPSA) is 68.9 Å². The fourth-order valence-electron chi connectivity index (χ4n) is 3.41. The van der Waals surface area contributed by atoms with Crippen LogP contribution in [0, 0.1) is 6.92 Å². The number of aryl methyl sites for hydroxylation is 1. The predicted octanol–water partition coefficient (Wildman–Crippen LogP) is 2.07. The van der Waals surface area contributed by atoms with Gasteiger partial charge in [0.1, 0.15) is 12.4 Å².